The molecule has 2 aromatic rings. The minimum atomic E-state index is -4.11. The molecule has 1 aliphatic rings. The lowest BCUT2D eigenvalue weighted by Crippen LogP contribution is -2.54. The van der Waals surface area contributed by atoms with E-state index in [4.69, 9.17) is 15.2 Å². The van der Waals surface area contributed by atoms with Crippen molar-refractivity contribution in [2.75, 3.05) is 41.9 Å². The van der Waals surface area contributed by atoms with E-state index in [1.54, 1.807) is 48.0 Å². The van der Waals surface area contributed by atoms with Crippen LogP contribution in [0.5, 0.6) is 0 Å². The van der Waals surface area contributed by atoms with Crippen LogP contribution in [0.1, 0.15) is 97.3 Å². The van der Waals surface area contributed by atoms with Gasteiger partial charge >= 0.3 is 0 Å². The Morgan fingerprint density at radius 3 is 1.91 bits per heavy atom. The quantitative estimate of drug-likeness (QED) is 0.126. The number of ketones is 2. The van der Waals surface area contributed by atoms with Crippen LogP contribution in [0.15, 0.2) is 54.6 Å². The predicted molar refractivity (Wildman–Crippen MR) is 250 cm³/mol. The number of nitrogens with zero attached hydrogens (tertiary/aromatic N) is 3. The molecule has 2 aromatic carbocycles. The Balaban J connectivity index is 1.80. The molecule has 358 valence electrons. The van der Waals surface area contributed by atoms with Crippen molar-refractivity contribution in [3.8, 4) is 0 Å². The summed E-state index contributed by atoms with van der Waals surface area (Å²) in [4.78, 5) is 75.5. The average Bonchev–Trinajstić information content (AvgIpc) is 3.71. The van der Waals surface area contributed by atoms with E-state index < -0.39 is 63.7 Å². The Morgan fingerprint density at radius 2 is 1.39 bits per heavy atom. The SMILES string of the molecule is CO[C@H]([C@@H](C)C(=O)C[C@@H](Cc1ccccc1)C(=O)NS(=O)(=O)Cc1ccc(CN)cc1)[C@@H]1CCCN1C(=O)C[C@@H](OC)[C@H](C(C)C)N(C)C(=O)[C@@H](CC(=O)[C@H](C(C)C)N(C)C)C(C)C. The van der Waals surface area contributed by atoms with E-state index in [0.717, 1.165) is 11.1 Å². The number of hydrogen-bond acceptors (Lipinski definition) is 11. The summed E-state index contributed by atoms with van der Waals surface area (Å²) in [6, 6.07) is 14.6. The number of carbonyl (C=O) groups is 5. The van der Waals surface area contributed by atoms with Gasteiger partial charge in [0, 0.05) is 65.0 Å². The molecule has 0 aliphatic carbocycles. The fraction of sp³-hybridized carbons (Fsp3) is 0.653. The third-order valence-corrected chi connectivity index (χ3v) is 14.1. The summed E-state index contributed by atoms with van der Waals surface area (Å²) in [5.41, 5.74) is 7.78. The summed E-state index contributed by atoms with van der Waals surface area (Å²) in [6.07, 6.45) is -0.163. The standard InChI is InChI=1S/C49H77N5O9S/c1-31(2)39(27-42(56)45(32(3)4)52(8)9)49(59)53(10)46(33(5)6)43(62-11)28-44(57)54-24-16-19-40(54)47(63-12)34(7)41(55)26-38(25-35-17-14-13-15-18-35)48(58)51-64(60,61)30-37-22-20-36(29-50)21-23-37/h13-15,17-18,20-23,31-34,38-40,43,45-47H,16,19,24-30,50H2,1-12H3,(H,51,58)/t34-,38+,39-,40-,43+,45-,46-,47+/m0/s1. The number of ether oxygens (including phenoxy) is 2. The zero-order valence-corrected chi connectivity index (χ0v) is 41.2. The van der Waals surface area contributed by atoms with E-state index in [2.05, 4.69) is 4.72 Å². The highest BCUT2D eigenvalue weighted by atomic mass is 32.2. The Bertz CT molecular complexity index is 1930. The molecule has 1 aliphatic heterocycles. The molecule has 0 saturated carbocycles. The molecule has 1 saturated heterocycles. The molecule has 1 heterocycles. The highest BCUT2D eigenvalue weighted by Crippen LogP contribution is 2.31. The molecular weight excluding hydrogens is 835 g/mol. The van der Waals surface area contributed by atoms with Gasteiger partial charge in [-0.25, -0.2) is 8.42 Å². The summed E-state index contributed by atoms with van der Waals surface area (Å²) in [6.45, 7) is 14.3. The van der Waals surface area contributed by atoms with E-state index >= 15 is 0 Å². The molecular formula is C49H77N5O9S. The Labute approximate surface area is 383 Å². The highest BCUT2D eigenvalue weighted by Gasteiger charge is 2.43. The van der Waals surface area contributed by atoms with Crippen molar-refractivity contribution in [3.63, 3.8) is 0 Å². The van der Waals surface area contributed by atoms with Gasteiger partial charge in [-0.2, -0.15) is 0 Å². The van der Waals surface area contributed by atoms with Crippen molar-refractivity contribution < 1.29 is 41.9 Å². The molecule has 14 nitrogen and oxygen atoms in total. The van der Waals surface area contributed by atoms with Gasteiger partial charge in [0.15, 0.2) is 5.78 Å². The number of likely N-dealkylation sites (tertiary alicyclic amines) is 1. The van der Waals surface area contributed by atoms with Crippen LogP contribution in [0.3, 0.4) is 0 Å². The van der Waals surface area contributed by atoms with E-state index in [1.807, 2.05) is 90.9 Å². The van der Waals surface area contributed by atoms with Crippen LogP contribution < -0.4 is 10.5 Å². The molecule has 0 radical (unpaired) electrons. The number of likely N-dealkylation sites (N-methyl/N-ethyl adjacent to an activating group) is 2. The minimum absolute atomic E-state index is 0.0180. The molecule has 3 N–H and O–H groups in total. The van der Waals surface area contributed by atoms with Crippen LogP contribution in [0.25, 0.3) is 0 Å². The Kier molecular flexibility index (Phi) is 21.3. The number of Topliss-reactive ketones (excluding diaryl/α,β-unsaturated/α-hetero) is 2. The molecule has 3 amide bonds. The van der Waals surface area contributed by atoms with Gasteiger partial charge in [0.1, 0.15) is 5.78 Å². The lowest BCUT2D eigenvalue weighted by Gasteiger charge is -2.40. The molecule has 0 aromatic heterocycles. The summed E-state index contributed by atoms with van der Waals surface area (Å²) in [5, 5.41) is 0. The fourth-order valence-corrected chi connectivity index (χ4v) is 10.7. The molecule has 0 bridgehead atoms. The number of benzene rings is 2. The first-order chi connectivity index (χ1) is 30.1. The van der Waals surface area contributed by atoms with Crippen LogP contribution in [0, 0.1) is 35.5 Å². The number of hydrogen-bond donors (Lipinski definition) is 2. The van der Waals surface area contributed by atoms with E-state index in [0.29, 0.717) is 31.5 Å². The summed E-state index contributed by atoms with van der Waals surface area (Å²) in [5.74, 6) is -4.28. The second-order valence-electron chi connectivity index (χ2n) is 18.9. The molecule has 3 rings (SSSR count). The summed E-state index contributed by atoms with van der Waals surface area (Å²) >= 11 is 0. The number of rotatable bonds is 26. The number of amides is 3. The average molecular weight is 912 g/mol. The van der Waals surface area contributed by atoms with Gasteiger partial charge < -0.3 is 25.0 Å². The second kappa shape index (κ2) is 25.0. The molecule has 8 atom stereocenters. The van der Waals surface area contributed by atoms with Crippen LogP contribution in [-0.2, 0) is 62.2 Å². The van der Waals surface area contributed by atoms with Crippen molar-refractivity contribution in [2.24, 2.45) is 41.2 Å². The van der Waals surface area contributed by atoms with Gasteiger partial charge in [-0.05, 0) is 67.8 Å². The maximum Gasteiger partial charge on any atom is 0.239 e. The topological polar surface area (TPSA) is 186 Å². The lowest BCUT2D eigenvalue weighted by atomic mass is 9.84. The van der Waals surface area contributed by atoms with Crippen LogP contribution in [-0.4, -0.2) is 125 Å². The van der Waals surface area contributed by atoms with Gasteiger partial charge in [0.25, 0.3) is 0 Å². The van der Waals surface area contributed by atoms with Crippen molar-refractivity contribution in [1.29, 1.82) is 0 Å². The largest absolute Gasteiger partial charge is 0.379 e. The first-order valence-corrected chi connectivity index (χ1v) is 24.4. The van der Waals surface area contributed by atoms with Crippen molar-refractivity contribution in [2.45, 2.75) is 130 Å². The van der Waals surface area contributed by atoms with Crippen LogP contribution in [0.4, 0.5) is 0 Å². The number of methoxy groups -OCH3 is 2. The first-order valence-electron chi connectivity index (χ1n) is 22.8. The van der Waals surface area contributed by atoms with Gasteiger partial charge in [0.05, 0.1) is 42.5 Å². The van der Waals surface area contributed by atoms with Crippen molar-refractivity contribution in [3.05, 3.63) is 71.3 Å². The van der Waals surface area contributed by atoms with E-state index in [1.165, 1.54) is 14.2 Å². The van der Waals surface area contributed by atoms with Gasteiger partial charge in [-0.1, -0.05) is 103 Å². The van der Waals surface area contributed by atoms with Crippen LogP contribution >= 0.6 is 0 Å². The van der Waals surface area contributed by atoms with Gasteiger partial charge in [-0.3, -0.25) is 33.6 Å². The summed E-state index contributed by atoms with van der Waals surface area (Å²) < 4.78 is 40.7. The number of sulfonamides is 1. The third kappa shape index (κ3) is 15.0. The fourth-order valence-electron chi connectivity index (χ4n) is 9.54. The Hall–Kier alpha value is -4.02. The van der Waals surface area contributed by atoms with Crippen molar-refractivity contribution in [1.82, 2.24) is 19.4 Å². The molecule has 1 fully saturated rings. The predicted octanol–water partition coefficient (Wildman–Crippen LogP) is 5.26. The van der Waals surface area contributed by atoms with Gasteiger partial charge in [-0.15, -0.1) is 0 Å². The minimum Gasteiger partial charge on any atom is -0.379 e. The maximum absolute atomic E-state index is 14.4. The number of carbonyl (C=O) groups excluding carboxylic acids is 5. The van der Waals surface area contributed by atoms with E-state index in [9.17, 15) is 32.4 Å². The zero-order valence-electron chi connectivity index (χ0n) is 40.4. The zero-order chi connectivity index (χ0) is 48.1. The highest BCUT2D eigenvalue weighted by molar-refractivity contribution is 7.89. The molecule has 0 unspecified atom stereocenters. The number of nitrogens with one attached hydrogen (secondary N) is 1. The Morgan fingerprint density at radius 1 is 0.781 bits per heavy atom. The normalized spacial score (nSPS) is 17.8. The summed E-state index contributed by atoms with van der Waals surface area (Å²) in [7, 11) is 4.40. The first kappa shape index (κ1) is 54.3. The van der Waals surface area contributed by atoms with Crippen molar-refractivity contribution >= 4 is 39.3 Å². The molecule has 15 heteroatoms. The smallest absolute Gasteiger partial charge is 0.239 e. The molecule has 64 heavy (non-hydrogen) atoms. The van der Waals surface area contributed by atoms with Crippen LogP contribution in [0.2, 0.25) is 0 Å². The monoisotopic (exact) mass is 912 g/mol. The number of nitrogens with two attached hydrogens (primary N) is 1. The maximum atomic E-state index is 14.4. The molecule has 0 spiro atoms. The van der Waals surface area contributed by atoms with E-state index in [-0.39, 0.29) is 72.9 Å². The third-order valence-electron chi connectivity index (χ3n) is 12.9. The lowest BCUT2D eigenvalue weighted by molar-refractivity contribution is -0.149. The van der Waals surface area contributed by atoms with Gasteiger partial charge in [0.2, 0.25) is 27.7 Å². The second-order valence-corrected chi connectivity index (χ2v) is 20.6.